The Balaban J connectivity index is 1.33. The molecule has 3 heterocycles. The summed E-state index contributed by atoms with van der Waals surface area (Å²) < 4.78 is 6.54. The zero-order valence-corrected chi connectivity index (χ0v) is 19.9. The van der Waals surface area contributed by atoms with Gasteiger partial charge < -0.3 is 20.7 Å². The van der Waals surface area contributed by atoms with Gasteiger partial charge in [0.1, 0.15) is 5.75 Å². The minimum atomic E-state index is 0.334. The zero-order chi connectivity index (χ0) is 23.6. The molecule has 1 saturated heterocycles. The SMILES string of the molecule is Cc1ccc2c(NC3CC3)cccc2c1Oc1ncccc1-c1ccnc(N[C@H]2CCCNC2)n1. The molecule has 178 valence electrons. The van der Waals surface area contributed by atoms with Crippen LogP contribution < -0.4 is 20.7 Å². The first-order valence-electron chi connectivity index (χ1n) is 12.5. The minimum absolute atomic E-state index is 0.334. The van der Waals surface area contributed by atoms with Crippen molar-refractivity contribution in [3.63, 3.8) is 0 Å². The summed E-state index contributed by atoms with van der Waals surface area (Å²) >= 11 is 0. The summed E-state index contributed by atoms with van der Waals surface area (Å²) in [6, 6.07) is 17.4. The topological polar surface area (TPSA) is 84.0 Å². The van der Waals surface area contributed by atoms with E-state index in [9.17, 15) is 0 Å². The first-order valence-corrected chi connectivity index (χ1v) is 12.5. The number of aryl methyl sites for hydroxylation is 1. The highest BCUT2D eigenvalue weighted by Crippen LogP contribution is 2.39. The van der Waals surface area contributed by atoms with E-state index >= 15 is 0 Å². The van der Waals surface area contributed by atoms with E-state index in [4.69, 9.17) is 9.72 Å². The van der Waals surface area contributed by atoms with E-state index in [-0.39, 0.29) is 0 Å². The normalized spacial score (nSPS) is 17.8. The van der Waals surface area contributed by atoms with Crippen molar-refractivity contribution in [2.24, 2.45) is 0 Å². The van der Waals surface area contributed by atoms with E-state index in [1.54, 1.807) is 12.4 Å². The van der Waals surface area contributed by atoms with Crippen molar-refractivity contribution >= 4 is 22.4 Å². The molecule has 1 aliphatic carbocycles. The number of benzene rings is 2. The molecular weight excluding hydrogens is 436 g/mol. The Morgan fingerprint density at radius 3 is 2.69 bits per heavy atom. The summed E-state index contributed by atoms with van der Waals surface area (Å²) in [4.78, 5) is 13.8. The van der Waals surface area contributed by atoms with E-state index < -0.39 is 0 Å². The van der Waals surface area contributed by atoms with Gasteiger partial charge in [-0.25, -0.2) is 15.0 Å². The number of nitrogens with zero attached hydrogens (tertiary/aromatic N) is 3. The molecule has 0 amide bonds. The van der Waals surface area contributed by atoms with Crippen LogP contribution in [0.4, 0.5) is 11.6 Å². The van der Waals surface area contributed by atoms with E-state index in [0.29, 0.717) is 23.9 Å². The molecular formula is C28H30N6O. The van der Waals surface area contributed by atoms with Crippen LogP contribution in [0, 0.1) is 6.92 Å². The summed E-state index contributed by atoms with van der Waals surface area (Å²) in [5.74, 6) is 1.98. The van der Waals surface area contributed by atoms with Crippen LogP contribution in [0.5, 0.6) is 11.6 Å². The van der Waals surface area contributed by atoms with E-state index in [1.165, 1.54) is 12.8 Å². The van der Waals surface area contributed by atoms with Crippen molar-refractivity contribution in [3.8, 4) is 22.9 Å². The average Bonchev–Trinajstić information content (AvgIpc) is 3.71. The fraction of sp³-hybridized carbons (Fsp3) is 0.321. The van der Waals surface area contributed by atoms with Crippen LogP contribution >= 0.6 is 0 Å². The summed E-state index contributed by atoms with van der Waals surface area (Å²) in [5.41, 5.74) is 3.83. The third kappa shape index (κ3) is 4.77. The van der Waals surface area contributed by atoms with Gasteiger partial charge in [0.25, 0.3) is 0 Å². The van der Waals surface area contributed by atoms with Crippen LogP contribution in [-0.2, 0) is 0 Å². The second-order valence-electron chi connectivity index (χ2n) is 9.44. The Labute approximate surface area is 205 Å². The number of hydrogen-bond donors (Lipinski definition) is 3. The Bertz CT molecular complexity index is 1350. The van der Waals surface area contributed by atoms with Crippen LogP contribution in [0.25, 0.3) is 22.0 Å². The third-order valence-electron chi connectivity index (χ3n) is 6.68. The van der Waals surface area contributed by atoms with Gasteiger partial charge in [-0.05, 0) is 69.0 Å². The minimum Gasteiger partial charge on any atom is -0.437 e. The first-order chi connectivity index (χ1) is 17.2. The molecule has 7 heteroatoms. The fourth-order valence-electron chi connectivity index (χ4n) is 4.65. The lowest BCUT2D eigenvalue weighted by atomic mass is 10.0. The van der Waals surface area contributed by atoms with Gasteiger partial charge >= 0.3 is 0 Å². The fourth-order valence-corrected chi connectivity index (χ4v) is 4.65. The predicted molar refractivity (Wildman–Crippen MR) is 140 cm³/mol. The Morgan fingerprint density at radius 1 is 0.886 bits per heavy atom. The summed E-state index contributed by atoms with van der Waals surface area (Å²) in [6.45, 7) is 4.07. The molecule has 1 aliphatic heterocycles. The molecule has 0 radical (unpaired) electrons. The third-order valence-corrected chi connectivity index (χ3v) is 6.68. The maximum Gasteiger partial charge on any atom is 0.228 e. The molecule has 2 fully saturated rings. The second-order valence-corrected chi connectivity index (χ2v) is 9.44. The Hall–Kier alpha value is -3.71. The lowest BCUT2D eigenvalue weighted by Gasteiger charge is -2.23. The predicted octanol–water partition coefficient (Wildman–Crippen LogP) is 5.53. The molecule has 6 rings (SSSR count). The van der Waals surface area contributed by atoms with Gasteiger partial charge in [0.2, 0.25) is 11.8 Å². The molecule has 1 atom stereocenters. The molecule has 35 heavy (non-hydrogen) atoms. The standard InChI is InChI=1S/C28H30N6O/c1-18-9-12-21-22(6-2-8-24(21)32-19-10-11-19)26(18)35-27-23(7-4-15-30-27)25-13-16-31-28(34-25)33-20-5-3-14-29-17-20/h2,4,6-9,12-13,15-16,19-20,29,32H,3,5,10-11,14,17H2,1H3,(H,31,33,34)/t20-/m0/s1. The van der Waals surface area contributed by atoms with Crippen LogP contribution in [0.15, 0.2) is 60.9 Å². The molecule has 0 spiro atoms. The number of hydrogen-bond acceptors (Lipinski definition) is 7. The van der Waals surface area contributed by atoms with E-state index in [0.717, 1.165) is 65.0 Å². The van der Waals surface area contributed by atoms with Crippen molar-refractivity contribution in [2.75, 3.05) is 23.7 Å². The number of rotatable bonds is 7. The highest BCUT2D eigenvalue weighted by atomic mass is 16.5. The quantitative estimate of drug-likeness (QED) is 0.330. The number of fused-ring (bicyclic) bond motifs is 1. The molecule has 0 bridgehead atoms. The van der Waals surface area contributed by atoms with Gasteiger partial charge in [-0.1, -0.05) is 24.3 Å². The van der Waals surface area contributed by atoms with Gasteiger partial charge in [-0.2, -0.15) is 0 Å². The number of pyridine rings is 1. The van der Waals surface area contributed by atoms with Crippen molar-refractivity contribution in [2.45, 2.75) is 44.7 Å². The highest BCUT2D eigenvalue weighted by molar-refractivity contribution is 5.98. The second kappa shape index (κ2) is 9.50. The highest BCUT2D eigenvalue weighted by Gasteiger charge is 2.22. The van der Waals surface area contributed by atoms with Crippen molar-refractivity contribution in [1.29, 1.82) is 0 Å². The van der Waals surface area contributed by atoms with Crippen molar-refractivity contribution < 1.29 is 4.74 Å². The molecule has 2 aromatic heterocycles. The number of ether oxygens (including phenoxy) is 1. The number of piperidine rings is 1. The van der Waals surface area contributed by atoms with Crippen molar-refractivity contribution in [1.82, 2.24) is 20.3 Å². The van der Waals surface area contributed by atoms with E-state index in [1.807, 2.05) is 18.2 Å². The maximum absolute atomic E-state index is 6.54. The van der Waals surface area contributed by atoms with Gasteiger partial charge in [0, 0.05) is 47.5 Å². The van der Waals surface area contributed by atoms with Crippen LogP contribution in [-0.4, -0.2) is 40.1 Å². The Morgan fingerprint density at radius 2 is 1.83 bits per heavy atom. The molecule has 4 aromatic rings. The van der Waals surface area contributed by atoms with Crippen molar-refractivity contribution in [3.05, 3.63) is 66.5 Å². The number of anilines is 2. The van der Waals surface area contributed by atoms with Gasteiger partial charge in [0.15, 0.2) is 0 Å². The largest absolute Gasteiger partial charge is 0.437 e. The molecule has 2 aliphatic rings. The molecule has 1 saturated carbocycles. The van der Waals surface area contributed by atoms with E-state index in [2.05, 4.69) is 63.2 Å². The Kier molecular flexibility index (Phi) is 5.92. The summed E-state index contributed by atoms with van der Waals surface area (Å²) in [6.07, 6.45) is 8.27. The zero-order valence-electron chi connectivity index (χ0n) is 19.9. The maximum atomic E-state index is 6.54. The van der Waals surface area contributed by atoms with Gasteiger partial charge in [-0.3, -0.25) is 0 Å². The van der Waals surface area contributed by atoms with Crippen LogP contribution in [0.2, 0.25) is 0 Å². The van der Waals surface area contributed by atoms with Crippen LogP contribution in [0.1, 0.15) is 31.2 Å². The molecule has 3 N–H and O–H groups in total. The lowest BCUT2D eigenvalue weighted by Crippen LogP contribution is -2.38. The number of aromatic nitrogens is 3. The smallest absolute Gasteiger partial charge is 0.228 e. The first kappa shape index (κ1) is 21.8. The van der Waals surface area contributed by atoms with Gasteiger partial charge in [-0.15, -0.1) is 0 Å². The number of nitrogens with one attached hydrogen (secondary N) is 3. The summed E-state index contributed by atoms with van der Waals surface area (Å²) in [7, 11) is 0. The van der Waals surface area contributed by atoms with Crippen LogP contribution in [0.3, 0.4) is 0 Å². The average molecular weight is 467 g/mol. The van der Waals surface area contributed by atoms with Gasteiger partial charge in [0.05, 0.1) is 11.3 Å². The lowest BCUT2D eigenvalue weighted by molar-refractivity contribution is 0.466. The molecule has 0 unspecified atom stereocenters. The summed E-state index contributed by atoms with van der Waals surface area (Å²) in [5, 5.41) is 12.8. The molecule has 2 aromatic carbocycles. The monoisotopic (exact) mass is 466 g/mol. The molecule has 7 nitrogen and oxygen atoms in total.